The Labute approximate surface area is 128 Å². The standard InChI is InChI=1S/C14H17Cl2NO3/c1-20-17-14(7-5-11(19)3-2-8-18)10-4-6-12(15)13(16)9-10/h4,6,9,18H,2-3,5,7-8H2,1H3/b17-14+. The van der Waals surface area contributed by atoms with E-state index in [9.17, 15) is 4.79 Å². The van der Waals surface area contributed by atoms with E-state index in [0.29, 0.717) is 41.4 Å². The Balaban J connectivity index is 2.72. The molecule has 0 spiro atoms. The molecular weight excluding hydrogens is 301 g/mol. The summed E-state index contributed by atoms with van der Waals surface area (Å²) in [7, 11) is 1.45. The van der Waals surface area contributed by atoms with Crippen molar-refractivity contribution in [2.24, 2.45) is 5.16 Å². The molecular formula is C14H17Cl2NO3. The number of aliphatic hydroxyl groups excluding tert-OH is 1. The normalized spacial score (nSPS) is 11.5. The van der Waals surface area contributed by atoms with Gasteiger partial charge in [0, 0.05) is 31.4 Å². The van der Waals surface area contributed by atoms with Gasteiger partial charge in [-0.3, -0.25) is 4.79 Å². The number of hydrogen-bond acceptors (Lipinski definition) is 4. The predicted octanol–water partition coefficient (Wildman–Crippen LogP) is 3.47. The molecule has 0 aliphatic carbocycles. The van der Waals surface area contributed by atoms with E-state index in [1.165, 1.54) is 7.11 Å². The number of rotatable bonds is 8. The van der Waals surface area contributed by atoms with Crippen molar-refractivity contribution in [2.45, 2.75) is 25.7 Å². The summed E-state index contributed by atoms with van der Waals surface area (Å²) in [5.74, 6) is 0.0860. The van der Waals surface area contributed by atoms with Gasteiger partial charge in [-0.2, -0.15) is 0 Å². The first-order valence-electron chi connectivity index (χ1n) is 6.26. The Morgan fingerprint density at radius 2 is 2.00 bits per heavy atom. The molecule has 0 aromatic heterocycles. The van der Waals surface area contributed by atoms with Crippen molar-refractivity contribution >= 4 is 34.7 Å². The number of carbonyl (C=O) groups is 1. The van der Waals surface area contributed by atoms with Crippen LogP contribution in [0.3, 0.4) is 0 Å². The molecule has 0 atom stereocenters. The number of halogens is 2. The number of hydrogen-bond donors (Lipinski definition) is 1. The average molecular weight is 318 g/mol. The molecule has 0 aliphatic rings. The minimum atomic E-state index is 0.0253. The highest BCUT2D eigenvalue weighted by Crippen LogP contribution is 2.23. The lowest BCUT2D eigenvalue weighted by molar-refractivity contribution is -0.119. The van der Waals surface area contributed by atoms with Gasteiger partial charge in [-0.05, 0) is 18.6 Å². The molecule has 1 aromatic carbocycles. The van der Waals surface area contributed by atoms with E-state index >= 15 is 0 Å². The lowest BCUT2D eigenvalue weighted by Crippen LogP contribution is -2.07. The molecule has 4 nitrogen and oxygen atoms in total. The summed E-state index contributed by atoms with van der Waals surface area (Å²) in [5.41, 5.74) is 1.42. The second kappa shape index (κ2) is 8.95. The molecule has 1 N–H and O–H groups in total. The van der Waals surface area contributed by atoms with Crippen LogP contribution < -0.4 is 0 Å². The van der Waals surface area contributed by atoms with Crippen molar-refractivity contribution in [3.8, 4) is 0 Å². The van der Waals surface area contributed by atoms with Crippen LogP contribution in [0.5, 0.6) is 0 Å². The molecule has 6 heteroatoms. The van der Waals surface area contributed by atoms with Crippen LogP contribution in [0.2, 0.25) is 10.0 Å². The van der Waals surface area contributed by atoms with E-state index in [4.69, 9.17) is 33.1 Å². The maximum Gasteiger partial charge on any atom is 0.133 e. The minimum absolute atomic E-state index is 0.0253. The number of benzene rings is 1. The molecule has 110 valence electrons. The number of oxime groups is 1. The van der Waals surface area contributed by atoms with Crippen molar-refractivity contribution in [1.82, 2.24) is 0 Å². The van der Waals surface area contributed by atoms with E-state index in [1.807, 2.05) is 0 Å². The summed E-state index contributed by atoms with van der Waals surface area (Å²) in [6.45, 7) is 0.0253. The first-order valence-corrected chi connectivity index (χ1v) is 7.02. The average Bonchev–Trinajstić information content (AvgIpc) is 2.44. The van der Waals surface area contributed by atoms with Gasteiger partial charge >= 0.3 is 0 Å². The van der Waals surface area contributed by atoms with Crippen molar-refractivity contribution < 1.29 is 14.7 Å². The third-order valence-corrected chi connectivity index (χ3v) is 3.45. The third kappa shape index (κ3) is 5.49. The molecule has 0 aliphatic heterocycles. The Morgan fingerprint density at radius 1 is 1.25 bits per heavy atom. The van der Waals surface area contributed by atoms with E-state index < -0.39 is 0 Å². The Kier molecular flexibility index (Phi) is 7.59. The van der Waals surface area contributed by atoms with E-state index in [0.717, 1.165) is 5.56 Å². The molecule has 0 saturated heterocycles. The minimum Gasteiger partial charge on any atom is -0.399 e. The van der Waals surface area contributed by atoms with Crippen LogP contribution in [0.4, 0.5) is 0 Å². The van der Waals surface area contributed by atoms with Gasteiger partial charge in [-0.25, -0.2) is 0 Å². The molecule has 0 radical (unpaired) electrons. The number of carbonyl (C=O) groups excluding carboxylic acids is 1. The molecule has 1 aromatic rings. The van der Waals surface area contributed by atoms with Crippen LogP contribution in [0.15, 0.2) is 23.4 Å². The van der Waals surface area contributed by atoms with Crippen molar-refractivity contribution in [2.75, 3.05) is 13.7 Å². The number of Topliss-reactive ketones (excluding diaryl/α,β-unsaturated/α-hetero) is 1. The predicted molar refractivity (Wildman–Crippen MR) is 80.6 cm³/mol. The number of ketones is 1. The van der Waals surface area contributed by atoms with Gasteiger partial charge in [-0.15, -0.1) is 0 Å². The van der Waals surface area contributed by atoms with E-state index in [1.54, 1.807) is 18.2 Å². The monoisotopic (exact) mass is 317 g/mol. The van der Waals surface area contributed by atoms with Gasteiger partial charge in [0.05, 0.1) is 15.8 Å². The number of aliphatic hydroxyl groups is 1. The highest BCUT2D eigenvalue weighted by Gasteiger charge is 2.10. The van der Waals surface area contributed by atoms with Gasteiger partial charge < -0.3 is 9.94 Å². The van der Waals surface area contributed by atoms with Crippen LogP contribution in [0, 0.1) is 0 Å². The quantitative estimate of drug-likeness (QED) is 0.590. The van der Waals surface area contributed by atoms with Crippen molar-refractivity contribution in [1.29, 1.82) is 0 Å². The summed E-state index contributed by atoms with van der Waals surface area (Å²) < 4.78 is 0. The van der Waals surface area contributed by atoms with Crippen LogP contribution in [-0.2, 0) is 9.63 Å². The second-order valence-corrected chi connectivity index (χ2v) is 5.03. The molecule has 0 bridgehead atoms. The molecule has 1 rings (SSSR count). The lowest BCUT2D eigenvalue weighted by atomic mass is 10.0. The van der Waals surface area contributed by atoms with Gasteiger partial charge in [0.1, 0.15) is 12.9 Å². The van der Waals surface area contributed by atoms with Crippen LogP contribution >= 0.6 is 23.2 Å². The summed E-state index contributed by atoms with van der Waals surface area (Å²) in [6.07, 6.45) is 1.67. The van der Waals surface area contributed by atoms with Gasteiger partial charge in [0.2, 0.25) is 0 Å². The topological polar surface area (TPSA) is 58.9 Å². The van der Waals surface area contributed by atoms with E-state index in [2.05, 4.69) is 5.16 Å². The highest BCUT2D eigenvalue weighted by molar-refractivity contribution is 6.42. The zero-order valence-electron chi connectivity index (χ0n) is 11.2. The van der Waals surface area contributed by atoms with Crippen LogP contribution in [-0.4, -0.2) is 30.3 Å². The fourth-order valence-electron chi connectivity index (χ4n) is 1.69. The zero-order valence-corrected chi connectivity index (χ0v) is 12.7. The first kappa shape index (κ1) is 17.0. The third-order valence-electron chi connectivity index (χ3n) is 2.71. The van der Waals surface area contributed by atoms with Crippen molar-refractivity contribution in [3.63, 3.8) is 0 Å². The highest BCUT2D eigenvalue weighted by atomic mass is 35.5. The molecule has 0 amide bonds. The Bertz CT molecular complexity index is 489. The maximum atomic E-state index is 11.6. The fourth-order valence-corrected chi connectivity index (χ4v) is 1.99. The largest absolute Gasteiger partial charge is 0.399 e. The molecule has 20 heavy (non-hydrogen) atoms. The molecule has 0 saturated carbocycles. The Hall–Kier alpha value is -1.10. The second-order valence-electron chi connectivity index (χ2n) is 4.22. The zero-order chi connectivity index (χ0) is 15.0. The molecule has 0 fully saturated rings. The van der Waals surface area contributed by atoms with Crippen molar-refractivity contribution in [3.05, 3.63) is 33.8 Å². The summed E-state index contributed by atoms with van der Waals surface area (Å²) >= 11 is 11.8. The van der Waals surface area contributed by atoms with Gasteiger partial charge in [0.25, 0.3) is 0 Å². The lowest BCUT2D eigenvalue weighted by Gasteiger charge is -2.07. The smallest absolute Gasteiger partial charge is 0.133 e. The fraction of sp³-hybridized carbons (Fsp3) is 0.429. The first-order chi connectivity index (χ1) is 9.58. The summed E-state index contributed by atoms with van der Waals surface area (Å²) in [5, 5.41) is 13.5. The van der Waals surface area contributed by atoms with Crippen LogP contribution in [0.25, 0.3) is 0 Å². The van der Waals surface area contributed by atoms with Gasteiger partial charge in [0.15, 0.2) is 0 Å². The molecule has 0 heterocycles. The summed E-state index contributed by atoms with van der Waals surface area (Å²) in [4.78, 5) is 16.4. The Morgan fingerprint density at radius 3 is 2.60 bits per heavy atom. The summed E-state index contributed by atoms with van der Waals surface area (Å²) in [6, 6.07) is 5.15. The maximum absolute atomic E-state index is 11.6. The van der Waals surface area contributed by atoms with Gasteiger partial charge in [-0.1, -0.05) is 34.4 Å². The molecule has 0 unspecified atom stereocenters. The van der Waals surface area contributed by atoms with Crippen LogP contribution in [0.1, 0.15) is 31.2 Å². The SMILES string of the molecule is CO/N=C(\CCC(=O)CCCO)c1ccc(Cl)c(Cl)c1. The number of nitrogens with zero attached hydrogens (tertiary/aromatic N) is 1. The van der Waals surface area contributed by atoms with E-state index in [-0.39, 0.29) is 12.4 Å².